The highest BCUT2D eigenvalue weighted by Gasteiger charge is 2.48. The number of aliphatic hydroxyl groups is 8. The first-order chi connectivity index (χ1) is 33.7. The van der Waals surface area contributed by atoms with Crippen LogP contribution in [-0.2, 0) is 37.9 Å². The zero-order chi connectivity index (χ0) is 51.5. The van der Waals surface area contributed by atoms with Gasteiger partial charge in [-0.2, -0.15) is 0 Å². The molecule has 14 atom stereocenters. The van der Waals surface area contributed by atoms with Crippen molar-refractivity contribution < 1.29 is 78.7 Å². The summed E-state index contributed by atoms with van der Waals surface area (Å²) in [4.78, 5) is 0. The first kappa shape index (κ1) is 65.5. The van der Waals surface area contributed by atoms with Gasteiger partial charge in [0, 0.05) is 26.4 Å². The molecule has 0 aliphatic carbocycles. The van der Waals surface area contributed by atoms with Crippen molar-refractivity contribution in [3.8, 4) is 0 Å². The molecule has 0 spiro atoms. The van der Waals surface area contributed by atoms with Crippen molar-refractivity contribution in [3.05, 3.63) is 0 Å². The summed E-state index contributed by atoms with van der Waals surface area (Å²) in [6, 6.07) is 0. The Morgan fingerprint density at radius 1 is 0.386 bits per heavy atom. The molecule has 0 aromatic rings. The van der Waals surface area contributed by atoms with Crippen molar-refractivity contribution in [1.29, 1.82) is 0 Å². The molecule has 2 fully saturated rings. The van der Waals surface area contributed by atoms with E-state index >= 15 is 0 Å². The Kier molecular flexibility index (Phi) is 38.0. The number of aliphatic hydroxyl groups excluding tert-OH is 8. The third kappa shape index (κ3) is 29.5. The zero-order valence-electron chi connectivity index (χ0n) is 44.7. The molecule has 2 heterocycles. The second-order valence-electron chi connectivity index (χ2n) is 21.6. The molecule has 0 amide bonds. The summed E-state index contributed by atoms with van der Waals surface area (Å²) in [6.07, 6.45) is 12.3. The predicted molar refractivity (Wildman–Crippen MR) is 270 cm³/mol. The maximum atomic E-state index is 10.4. The lowest BCUT2D eigenvalue weighted by Gasteiger charge is -2.23. The molecule has 8 N–H and O–H groups in total. The topological polar surface area (TPSA) is 236 Å². The van der Waals surface area contributed by atoms with Crippen LogP contribution >= 0.6 is 0 Å². The second-order valence-corrected chi connectivity index (χ2v) is 21.6. The highest BCUT2D eigenvalue weighted by atomic mass is 16.7. The second kappa shape index (κ2) is 40.6. The van der Waals surface area contributed by atoms with Gasteiger partial charge < -0.3 is 78.7 Å². The summed E-state index contributed by atoms with van der Waals surface area (Å²) in [5.41, 5.74) is 0. The lowest BCUT2D eigenvalue weighted by molar-refractivity contribution is -0.198. The monoisotopic (exact) mass is 1010 g/mol. The summed E-state index contributed by atoms with van der Waals surface area (Å²) in [7, 11) is 0. The third-order valence-corrected chi connectivity index (χ3v) is 13.9. The molecule has 0 saturated carbocycles. The first-order valence-corrected chi connectivity index (χ1v) is 27.9. The van der Waals surface area contributed by atoms with Gasteiger partial charge in [0.1, 0.15) is 61.0 Å². The minimum absolute atomic E-state index is 0.102. The van der Waals surface area contributed by atoms with E-state index in [9.17, 15) is 40.9 Å². The molecule has 2 saturated heterocycles. The van der Waals surface area contributed by atoms with Gasteiger partial charge in [-0.3, -0.25) is 0 Å². The highest BCUT2D eigenvalue weighted by molar-refractivity contribution is 4.91. The van der Waals surface area contributed by atoms with Crippen LogP contribution in [0.15, 0.2) is 0 Å². The normalized spacial score (nSPS) is 25.5. The van der Waals surface area contributed by atoms with Crippen LogP contribution in [0.1, 0.15) is 183 Å². The fourth-order valence-electron chi connectivity index (χ4n) is 9.02. The number of unbranched alkanes of at least 4 members (excludes halogenated alkanes) is 13. The minimum Gasteiger partial charge on any atom is -0.394 e. The molecule has 70 heavy (non-hydrogen) atoms. The molecule has 418 valence electrons. The smallest absolute Gasteiger partial charge is 0.186 e. The maximum Gasteiger partial charge on any atom is 0.186 e. The van der Waals surface area contributed by atoms with E-state index in [0.29, 0.717) is 63.3 Å². The summed E-state index contributed by atoms with van der Waals surface area (Å²) < 4.78 is 47.1. The van der Waals surface area contributed by atoms with Crippen molar-refractivity contribution in [2.45, 2.75) is 256 Å². The van der Waals surface area contributed by atoms with Crippen molar-refractivity contribution in [1.82, 2.24) is 0 Å². The average molecular weight is 1010 g/mol. The fraction of sp³-hybridized carbons (Fsp3) is 1.00. The molecule has 2 aliphatic heterocycles. The Morgan fingerprint density at radius 3 is 1.03 bits per heavy atom. The minimum atomic E-state index is -1.37. The molecule has 0 bridgehead atoms. The van der Waals surface area contributed by atoms with Crippen molar-refractivity contribution in [3.63, 3.8) is 0 Å². The summed E-state index contributed by atoms with van der Waals surface area (Å²) in [6.45, 7) is 15.6. The lowest BCUT2D eigenvalue weighted by Crippen LogP contribution is -2.40. The van der Waals surface area contributed by atoms with E-state index in [2.05, 4.69) is 41.5 Å². The van der Waals surface area contributed by atoms with Crippen LogP contribution < -0.4 is 0 Å². The summed E-state index contributed by atoms with van der Waals surface area (Å²) in [5.74, 6) is 2.50. The van der Waals surface area contributed by atoms with Gasteiger partial charge in [-0.1, -0.05) is 157 Å². The van der Waals surface area contributed by atoms with Gasteiger partial charge in [-0.05, 0) is 49.4 Å². The van der Waals surface area contributed by atoms with E-state index in [1.54, 1.807) is 0 Å². The first-order valence-electron chi connectivity index (χ1n) is 27.9. The molecule has 16 heteroatoms. The standard InChI is InChI=1S/C54H106O16/c1-39(2)23-21-25-41(5)27-31-65-43(37-67-53-49(61)47(59)51(69-53)45(57)33-55)35-63-29-19-17-15-13-11-9-7-8-10-12-14-16-18-20-30-64-36-44(66-32-28-42(6)26-22-24-40(3)4)38-68-54-50(62)48(60)52(70-54)46(58)34-56/h39-62H,7-38H2,1-6H3/t41-,42-,43+,44+,45+,46+,47-,48-,49-,50-,51+,52+,53-,54-/m1/s1. The van der Waals surface area contributed by atoms with Gasteiger partial charge in [0.25, 0.3) is 0 Å². The van der Waals surface area contributed by atoms with E-state index in [1.165, 1.54) is 89.9 Å². The van der Waals surface area contributed by atoms with E-state index < -0.39 is 74.6 Å². The quantitative estimate of drug-likeness (QED) is 0.0300. The number of ether oxygens (including phenoxy) is 8. The van der Waals surface area contributed by atoms with Crippen molar-refractivity contribution in [2.75, 3.05) is 66.1 Å². The molecule has 2 rings (SSSR count). The number of hydrogen-bond donors (Lipinski definition) is 8. The largest absolute Gasteiger partial charge is 0.394 e. The van der Waals surface area contributed by atoms with E-state index in [4.69, 9.17) is 37.9 Å². The van der Waals surface area contributed by atoms with Crippen molar-refractivity contribution >= 4 is 0 Å². The van der Waals surface area contributed by atoms with E-state index in [0.717, 1.165) is 51.4 Å². The van der Waals surface area contributed by atoms with Crippen LogP contribution in [0.25, 0.3) is 0 Å². The van der Waals surface area contributed by atoms with Crippen LogP contribution in [0.2, 0.25) is 0 Å². The lowest BCUT2D eigenvalue weighted by atomic mass is 9.98. The van der Waals surface area contributed by atoms with E-state index in [1.807, 2.05) is 0 Å². The maximum absolute atomic E-state index is 10.4. The van der Waals surface area contributed by atoms with Gasteiger partial charge in [0.15, 0.2) is 12.6 Å². The Morgan fingerprint density at radius 2 is 0.714 bits per heavy atom. The van der Waals surface area contributed by atoms with Crippen LogP contribution in [0.4, 0.5) is 0 Å². The van der Waals surface area contributed by atoms with Gasteiger partial charge in [-0.25, -0.2) is 0 Å². The molecule has 0 aromatic carbocycles. The molecular weight excluding hydrogens is 905 g/mol. The van der Waals surface area contributed by atoms with Crippen LogP contribution in [0, 0.1) is 23.7 Å². The van der Waals surface area contributed by atoms with Gasteiger partial charge >= 0.3 is 0 Å². The van der Waals surface area contributed by atoms with Gasteiger partial charge in [-0.15, -0.1) is 0 Å². The number of rotatable bonds is 47. The third-order valence-electron chi connectivity index (χ3n) is 13.9. The Bertz CT molecular complexity index is 1100. The highest BCUT2D eigenvalue weighted by Crippen LogP contribution is 2.27. The molecule has 0 radical (unpaired) electrons. The predicted octanol–water partition coefficient (Wildman–Crippen LogP) is 6.59. The average Bonchev–Trinajstić information content (AvgIpc) is 3.78. The molecule has 0 aromatic heterocycles. The summed E-state index contributed by atoms with van der Waals surface area (Å²) >= 11 is 0. The van der Waals surface area contributed by atoms with Gasteiger partial charge in [0.2, 0.25) is 0 Å². The Balaban J connectivity index is 1.53. The molecule has 2 aliphatic rings. The Labute approximate surface area is 423 Å². The zero-order valence-corrected chi connectivity index (χ0v) is 44.7. The molecule has 0 unspecified atom stereocenters. The van der Waals surface area contributed by atoms with Crippen LogP contribution in [0.5, 0.6) is 0 Å². The SMILES string of the molecule is CC(C)CCC[C@@H](C)CCO[C@@H](COCCCCCCCCCCCCCCCCOC[C@@H](CO[C@@H]1O[C@@H]([C@@H](O)CO)[C@H](O)[C@H]1O)OCC[C@H](C)CCCC(C)C)CO[C@@H]1O[C@@H]([C@@H](O)CO)[C@H](O)[C@H]1O. The molecule has 16 nitrogen and oxygen atoms in total. The van der Waals surface area contributed by atoms with E-state index in [-0.39, 0.29) is 25.4 Å². The van der Waals surface area contributed by atoms with Crippen LogP contribution in [-0.4, -0.2) is 181 Å². The van der Waals surface area contributed by atoms with Crippen molar-refractivity contribution in [2.24, 2.45) is 23.7 Å². The Hall–Kier alpha value is -0.640. The summed E-state index contributed by atoms with van der Waals surface area (Å²) in [5, 5.41) is 79.8. The van der Waals surface area contributed by atoms with Crippen LogP contribution in [0.3, 0.4) is 0 Å². The number of hydrogen-bond acceptors (Lipinski definition) is 16. The molecular formula is C54H106O16. The fourth-order valence-corrected chi connectivity index (χ4v) is 9.02. The van der Waals surface area contributed by atoms with Gasteiger partial charge in [0.05, 0.1) is 39.6 Å².